The summed E-state index contributed by atoms with van der Waals surface area (Å²) in [5, 5.41) is 27.8. The van der Waals surface area contributed by atoms with Crippen molar-refractivity contribution in [3.8, 4) is 11.5 Å². The Hall–Kier alpha value is -3.62. The van der Waals surface area contributed by atoms with Gasteiger partial charge in [0.05, 0.1) is 24.3 Å². The maximum Gasteiger partial charge on any atom is 0.315 e. The number of hydrogen-bond acceptors (Lipinski definition) is 7. The molecule has 0 bridgehead atoms. The van der Waals surface area contributed by atoms with Crippen molar-refractivity contribution in [2.75, 3.05) is 12.4 Å². The highest BCUT2D eigenvalue weighted by atomic mass is 16.6. The number of phenolic OH excluding ortho intramolecular Hbond substituents is 1. The van der Waals surface area contributed by atoms with Gasteiger partial charge < -0.3 is 15.2 Å². The Kier molecular flexibility index (Phi) is 6.70. The molecule has 3 N–H and O–H groups in total. The molecular weight excluding hydrogens is 352 g/mol. The first-order chi connectivity index (χ1) is 13.0. The van der Waals surface area contributed by atoms with Gasteiger partial charge in [0, 0.05) is 11.3 Å². The van der Waals surface area contributed by atoms with Crippen LogP contribution in [0.1, 0.15) is 18.9 Å². The minimum atomic E-state index is -0.731. The van der Waals surface area contributed by atoms with Crippen LogP contribution in [0.4, 0.5) is 11.4 Å². The Morgan fingerprint density at radius 2 is 2.07 bits per heavy atom. The van der Waals surface area contributed by atoms with Crippen LogP contribution >= 0.6 is 0 Å². The van der Waals surface area contributed by atoms with E-state index in [0.717, 1.165) is 18.0 Å². The highest BCUT2D eigenvalue weighted by Gasteiger charge is 2.19. The number of aromatic hydroxyl groups is 1. The van der Waals surface area contributed by atoms with Crippen molar-refractivity contribution >= 4 is 23.5 Å². The molecule has 2 aromatic rings. The summed E-state index contributed by atoms with van der Waals surface area (Å²) in [6.07, 6.45) is 1.64. The molecule has 9 heteroatoms. The van der Waals surface area contributed by atoms with Gasteiger partial charge in [0.1, 0.15) is 11.8 Å². The van der Waals surface area contributed by atoms with Gasteiger partial charge >= 0.3 is 5.69 Å². The Labute approximate surface area is 155 Å². The van der Waals surface area contributed by atoms with Gasteiger partial charge in [-0.3, -0.25) is 14.9 Å². The number of ether oxygens (including phenoxy) is 1. The van der Waals surface area contributed by atoms with E-state index in [4.69, 9.17) is 4.74 Å². The van der Waals surface area contributed by atoms with Crippen LogP contribution in [0.5, 0.6) is 11.5 Å². The topological polar surface area (TPSA) is 126 Å². The summed E-state index contributed by atoms with van der Waals surface area (Å²) < 4.78 is 4.98. The highest BCUT2D eigenvalue weighted by molar-refractivity contribution is 5.89. The number of carbonyl (C=O) groups is 1. The number of nitro benzene ring substituents is 1. The van der Waals surface area contributed by atoms with Crippen molar-refractivity contribution in [1.82, 2.24) is 5.43 Å². The van der Waals surface area contributed by atoms with E-state index >= 15 is 0 Å². The number of methoxy groups -OCH3 is 1. The Morgan fingerprint density at radius 3 is 2.67 bits per heavy atom. The molecule has 2 aromatic carbocycles. The first-order valence-corrected chi connectivity index (χ1v) is 8.16. The fourth-order valence-electron chi connectivity index (χ4n) is 2.30. The second-order valence-electron chi connectivity index (χ2n) is 5.55. The fraction of sp³-hybridized carbons (Fsp3) is 0.222. The smallest absolute Gasteiger partial charge is 0.315 e. The molecule has 0 radical (unpaired) electrons. The first-order valence-electron chi connectivity index (χ1n) is 8.16. The number of para-hydroxylation sites is 1. The Bertz CT molecular complexity index is 839. The lowest BCUT2D eigenvalue weighted by Gasteiger charge is -2.16. The summed E-state index contributed by atoms with van der Waals surface area (Å²) in [5.74, 6) is -0.757. The van der Waals surface area contributed by atoms with Crippen LogP contribution in [0.3, 0.4) is 0 Å². The normalized spacial score (nSPS) is 11.8. The van der Waals surface area contributed by atoms with E-state index in [1.54, 1.807) is 0 Å². The predicted molar refractivity (Wildman–Crippen MR) is 101 cm³/mol. The zero-order valence-electron chi connectivity index (χ0n) is 14.9. The van der Waals surface area contributed by atoms with Crippen molar-refractivity contribution in [1.29, 1.82) is 0 Å². The number of rotatable bonds is 8. The maximum absolute atomic E-state index is 12.3. The van der Waals surface area contributed by atoms with Crippen LogP contribution in [-0.2, 0) is 4.79 Å². The van der Waals surface area contributed by atoms with Crippen LogP contribution in [0.15, 0.2) is 47.6 Å². The molecule has 0 spiro atoms. The molecule has 0 fully saturated rings. The quantitative estimate of drug-likeness (QED) is 0.371. The zero-order chi connectivity index (χ0) is 19.8. The molecule has 1 atom stereocenters. The van der Waals surface area contributed by atoms with Gasteiger partial charge in [-0.25, -0.2) is 5.43 Å². The van der Waals surface area contributed by atoms with E-state index in [-0.39, 0.29) is 17.2 Å². The van der Waals surface area contributed by atoms with Crippen LogP contribution in [0.25, 0.3) is 0 Å². The lowest BCUT2D eigenvalue weighted by atomic mass is 10.1. The molecule has 0 heterocycles. The van der Waals surface area contributed by atoms with E-state index in [1.165, 1.54) is 13.2 Å². The molecule has 0 aliphatic carbocycles. The van der Waals surface area contributed by atoms with Gasteiger partial charge in [0.25, 0.3) is 5.91 Å². The van der Waals surface area contributed by atoms with Crippen LogP contribution in [-0.4, -0.2) is 35.3 Å². The summed E-state index contributed by atoms with van der Waals surface area (Å²) >= 11 is 0. The first kappa shape index (κ1) is 19.7. The molecule has 0 aromatic heterocycles. The number of phenols is 1. The fourth-order valence-corrected chi connectivity index (χ4v) is 2.30. The van der Waals surface area contributed by atoms with E-state index in [2.05, 4.69) is 15.8 Å². The molecule has 1 amide bonds. The van der Waals surface area contributed by atoms with E-state index in [1.807, 2.05) is 37.3 Å². The molecule has 9 nitrogen and oxygen atoms in total. The largest absolute Gasteiger partial charge is 0.502 e. The molecule has 2 rings (SSSR count). The molecule has 0 aliphatic heterocycles. The SMILES string of the molecule is CC[C@H](Nc1ccccc1)C(=O)N/N=C\c1cc(OC)cc([N+](=O)[O-])c1O. The molecule has 0 saturated heterocycles. The van der Waals surface area contributed by atoms with Crippen molar-refractivity contribution in [2.45, 2.75) is 19.4 Å². The van der Waals surface area contributed by atoms with Gasteiger partial charge in [-0.15, -0.1) is 0 Å². The average molecular weight is 372 g/mol. The zero-order valence-corrected chi connectivity index (χ0v) is 14.9. The summed E-state index contributed by atoms with van der Waals surface area (Å²) in [6, 6.07) is 11.2. The van der Waals surface area contributed by atoms with Gasteiger partial charge in [0.2, 0.25) is 5.75 Å². The standard InChI is InChI=1S/C18H20N4O5/c1-3-15(20-13-7-5-4-6-8-13)18(24)21-19-11-12-9-14(27-2)10-16(17(12)23)22(25)26/h4-11,15,20,23H,3H2,1-2H3,(H,21,24)/b19-11-/t15-/m0/s1. The number of hydrogen-bond donors (Lipinski definition) is 3. The van der Waals surface area contributed by atoms with Crippen molar-refractivity contribution in [3.63, 3.8) is 0 Å². The highest BCUT2D eigenvalue weighted by Crippen LogP contribution is 2.33. The van der Waals surface area contributed by atoms with E-state index in [0.29, 0.717) is 6.42 Å². The maximum atomic E-state index is 12.3. The van der Waals surface area contributed by atoms with Gasteiger partial charge in [-0.1, -0.05) is 25.1 Å². The Morgan fingerprint density at radius 1 is 1.37 bits per heavy atom. The van der Waals surface area contributed by atoms with Crippen LogP contribution < -0.4 is 15.5 Å². The second-order valence-corrected chi connectivity index (χ2v) is 5.55. The third-order valence-electron chi connectivity index (χ3n) is 3.74. The summed E-state index contributed by atoms with van der Waals surface area (Å²) in [5.41, 5.74) is 2.69. The van der Waals surface area contributed by atoms with Gasteiger partial charge in [-0.05, 0) is 24.6 Å². The average Bonchev–Trinajstić information content (AvgIpc) is 2.67. The number of nitro groups is 1. The molecule has 27 heavy (non-hydrogen) atoms. The van der Waals surface area contributed by atoms with Crippen molar-refractivity contribution < 1.29 is 19.6 Å². The minimum absolute atomic E-state index is 0.0467. The number of anilines is 1. The number of nitrogens with one attached hydrogen (secondary N) is 2. The van der Waals surface area contributed by atoms with E-state index in [9.17, 15) is 20.0 Å². The summed E-state index contributed by atoms with van der Waals surface area (Å²) in [6.45, 7) is 1.85. The van der Waals surface area contributed by atoms with Gasteiger partial charge in [0.15, 0.2) is 0 Å². The molecular formula is C18H20N4O5. The number of amides is 1. The number of benzene rings is 2. The number of nitrogens with zero attached hydrogens (tertiary/aromatic N) is 2. The van der Waals surface area contributed by atoms with Crippen molar-refractivity contribution in [2.24, 2.45) is 5.10 Å². The van der Waals surface area contributed by atoms with Gasteiger partial charge in [-0.2, -0.15) is 5.10 Å². The third kappa shape index (κ3) is 5.18. The summed E-state index contributed by atoms with van der Waals surface area (Å²) in [7, 11) is 1.35. The molecule has 0 unspecified atom stereocenters. The number of hydrazone groups is 1. The lowest BCUT2D eigenvalue weighted by Crippen LogP contribution is -2.36. The number of carbonyl (C=O) groups excluding carboxylic acids is 1. The third-order valence-corrected chi connectivity index (χ3v) is 3.74. The second kappa shape index (κ2) is 9.18. The van der Waals surface area contributed by atoms with E-state index < -0.39 is 22.4 Å². The lowest BCUT2D eigenvalue weighted by molar-refractivity contribution is -0.385. The molecule has 142 valence electrons. The molecule has 0 aliphatic rings. The van der Waals surface area contributed by atoms with Crippen LogP contribution in [0, 0.1) is 10.1 Å². The Balaban J connectivity index is 2.10. The summed E-state index contributed by atoms with van der Waals surface area (Å²) in [4.78, 5) is 22.5. The predicted octanol–water partition coefficient (Wildman–Crippen LogP) is 2.65. The van der Waals surface area contributed by atoms with Crippen molar-refractivity contribution in [3.05, 3.63) is 58.1 Å². The minimum Gasteiger partial charge on any atom is -0.502 e. The van der Waals surface area contributed by atoms with Crippen LogP contribution in [0.2, 0.25) is 0 Å². The molecule has 0 saturated carbocycles. The monoisotopic (exact) mass is 372 g/mol.